The van der Waals surface area contributed by atoms with Crippen LogP contribution in [0.2, 0.25) is 0 Å². The van der Waals surface area contributed by atoms with Gasteiger partial charge in [-0.2, -0.15) is 0 Å². The van der Waals surface area contributed by atoms with E-state index in [2.05, 4.69) is 55.5 Å². The fraction of sp³-hybridized carbons (Fsp3) is 0.700. The summed E-state index contributed by atoms with van der Waals surface area (Å²) in [4.78, 5) is 2.57. The van der Waals surface area contributed by atoms with Crippen LogP contribution in [0.1, 0.15) is 43.7 Å². The zero-order valence-electron chi connectivity index (χ0n) is 14.6. The Morgan fingerprint density at radius 2 is 1.73 bits per heavy atom. The number of rotatable bonds is 6. The predicted octanol–water partition coefficient (Wildman–Crippen LogP) is 3.50. The van der Waals surface area contributed by atoms with Crippen LogP contribution in [0.4, 0.5) is 0 Å². The molecule has 1 N–H and O–H groups in total. The minimum atomic E-state index is 0.307. The van der Waals surface area contributed by atoms with Crippen LogP contribution in [0.5, 0.6) is 0 Å². The van der Waals surface area contributed by atoms with Gasteiger partial charge in [-0.25, -0.2) is 0 Å². The van der Waals surface area contributed by atoms with Crippen molar-refractivity contribution in [3.8, 4) is 0 Å². The fourth-order valence-corrected chi connectivity index (χ4v) is 5.01. The third-order valence-corrected chi connectivity index (χ3v) is 6.26. The van der Waals surface area contributed by atoms with Crippen LogP contribution in [-0.4, -0.2) is 37.6 Å². The zero-order chi connectivity index (χ0) is 15.6. The number of nitrogens with zero attached hydrogens (tertiary/aromatic N) is 1. The van der Waals surface area contributed by atoms with Crippen LogP contribution in [0.25, 0.3) is 0 Å². The van der Waals surface area contributed by atoms with Crippen molar-refractivity contribution in [1.82, 2.24) is 10.2 Å². The number of fused-ring (bicyclic) bond motifs is 3. The van der Waals surface area contributed by atoms with Gasteiger partial charge in [0.15, 0.2) is 0 Å². The standard InChI is InChI=1S/C20H32N2/c1-4-5-12-22(3)15-20(21-2)18-10-11-19(20)14-17-9-7-6-8-16(17)13-18/h6-9,18-19,21H,4-5,10-15H2,1-3H3. The second kappa shape index (κ2) is 6.72. The number of unbranched alkanes of at least 4 members (excludes halogenated alkanes) is 1. The molecule has 1 saturated carbocycles. The minimum absolute atomic E-state index is 0.307. The van der Waals surface area contributed by atoms with Gasteiger partial charge < -0.3 is 10.2 Å². The van der Waals surface area contributed by atoms with Gasteiger partial charge in [0.25, 0.3) is 0 Å². The lowest BCUT2D eigenvalue weighted by Crippen LogP contribution is -2.58. The highest BCUT2D eigenvalue weighted by Gasteiger charge is 2.50. The summed E-state index contributed by atoms with van der Waals surface area (Å²) in [6, 6.07) is 9.15. The Labute approximate surface area is 136 Å². The molecule has 3 rings (SSSR count). The first-order valence-corrected chi connectivity index (χ1v) is 9.14. The highest BCUT2D eigenvalue weighted by atomic mass is 15.2. The molecule has 2 atom stereocenters. The van der Waals surface area contributed by atoms with Gasteiger partial charge in [-0.3, -0.25) is 0 Å². The SMILES string of the molecule is CCCCN(C)CC1(NC)C2CCC1Cc1ccccc1C2. The van der Waals surface area contributed by atoms with Crippen molar-refractivity contribution < 1.29 is 0 Å². The Morgan fingerprint density at radius 3 is 2.23 bits per heavy atom. The minimum Gasteiger partial charge on any atom is -0.313 e. The summed E-state index contributed by atoms with van der Waals surface area (Å²) in [6.45, 7) is 4.72. The van der Waals surface area contributed by atoms with Crippen molar-refractivity contribution in [3.05, 3.63) is 35.4 Å². The van der Waals surface area contributed by atoms with Crippen molar-refractivity contribution in [2.75, 3.05) is 27.2 Å². The Morgan fingerprint density at radius 1 is 1.14 bits per heavy atom. The largest absolute Gasteiger partial charge is 0.313 e. The number of nitrogens with one attached hydrogen (secondary N) is 1. The summed E-state index contributed by atoms with van der Waals surface area (Å²) < 4.78 is 0. The molecule has 1 aromatic carbocycles. The third-order valence-electron chi connectivity index (χ3n) is 6.26. The number of likely N-dealkylation sites (N-methyl/N-ethyl adjacent to an activating group) is 2. The first-order chi connectivity index (χ1) is 10.7. The van der Waals surface area contributed by atoms with Crippen LogP contribution in [-0.2, 0) is 12.8 Å². The van der Waals surface area contributed by atoms with Gasteiger partial charge in [0.2, 0.25) is 0 Å². The van der Waals surface area contributed by atoms with Crippen molar-refractivity contribution in [2.24, 2.45) is 11.8 Å². The van der Waals surface area contributed by atoms with Crippen molar-refractivity contribution in [2.45, 2.75) is 51.0 Å². The molecule has 0 radical (unpaired) electrons. The van der Waals surface area contributed by atoms with Gasteiger partial charge in [-0.1, -0.05) is 37.6 Å². The molecule has 1 aromatic rings. The van der Waals surface area contributed by atoms with E-state index in [0.29, 0.717) is 5.54 Å². The number of benzene rings is 1. The second-order valence-corrected chi connectivity index (χ2v) is 7.53. The third kappa shape index (κ3) is 2.83. The van der Waals surface area contributed by atoms with Crippen LogP contribution in [0.3, 0.4) is 0 Å². The molecule has 0 aromatic heterocycles. The van der Waals surface area contributed by atoms with Gasteiger partial charge in [0.1, 0.15) is 0 Å². The molecular formula is C20H32N2. The van der Waals surface area contributed by atoms with Gasteiger partial charge in [-0.05, 0) is 75.7 Å². The molecule has 0 amide bonds. The first kappa shape index (κ1) is 16.0. The molecular weight excluding hydrogens is 268 g/mol. The van der Waals surface area contributed by atoms with E-state index < -0.39 is 0 Å². The highest BCUT2D eigenvalue weighted by Crippen LogP contribution is 2.47. The Bertz CT molecular complexity index is 463. The summed E-state index contributed by atoms with van der Waals surface area (Å²) in [6.07, 6.45) is 7.90. The molecule has 0 heterocycles. The molecule has 122 valence electrons. The maximum absolute atomic E-state index is 3.82. The van der Waals surface area contributed by atoms with E-state index in [1.165, 1.54) is 51.6 Å². The van der Waals surface area contributed by atoms with Gasteiger partial charge in [0, 0.05) is 12.1 Å². The molecule has 2 bridgehead atoms. The van der Waals surface area contributed by atoms with E-state index in [1.54, 1.807) is 11.1 Å². The Kier molecular flexibility index (Phi) is 4.89. The molecule has 1 fully saturated rings. The van der Waals surface area contributed by atoms with Crippen LogP contribution in [0.15, 0.2) is 24.3 Å². The molecule has 2 heteroatoms. The summed E-state index contributed by atoms with van der Waals surface area (Å²) in [7, 11) is 4.52. The number of hydrogen-bond donors (Lipinski definition) is 1. The maximum Gasteiger partial charge on any atom is 0.0369 e. The van der Waals surface area contributed by atoms with E-state index in [0.717, 1.165) is 11.8 Å². The van der Waals surface area contributed by atoms with E-state index in [4.69, 9.17) is 0 Å². The molecule has 0 aliphatic heterocycles. The highest BCUT2D eigenvalue weighted by molar-refractivity contribution is 5.32. The fourth-order valence-electron chi connectivity index (χ4n) is 5.01. The van der Waals surface area contributed by atoms with Gasteiger partial charge >= 0.3 is 0 Å². The molecule has 2 aliphatic rings. The second-order valence-electron chi connectivity index (χ2n) is 7.53. The van der Waals surface area contributed by atoms with Crippen LogP contribution in [0, 0.1) is 11.8 Å². The lowest BCUT2D eigenvalue weighted by Gasteiger charge is -2.42. The quantitative estimate of drug-likeness (QED) is 0.865. The predicted molar refractivity (Wildman–Crippen MR) is 94.3 cm³/mol. The average molecular weight is 300 g/mol. The van der Waals surface area contributed by atoms with E-state index in [9.17, 15) is 0 Å². The van der Waals surface area contributed by atoms with Crippen molar-refractivity contribution >= 4 is 0 Å². The van der Waals surface area contributed by atoms with E-state index >= 15 is 0 Å². The molecule has 0 saturated heterocycles. The first-order valence-electron chi connectivity index (χ1n) is 9.14. The Hall–Kier alpha value is -0.860. The summed E-state index contributed by atoms with van der Waals surface area (Å²) in [5.74, 6) is 1.57. The van der Waals surface area contributed by atoms with E-state index in [-0.39, 0.29) is 0 Å². The average Bonchev–Trinajstić information content (AvgIpc) is 2.76. The zero-order valence-corrected chi connectivity index (χ0v) is 14.6. The maximum atomic E-state index is 3.82. The van der Waals surface area contributed by atoms with E-state index in [1.807, 2.05) is 0 Å². The Balaban J connectivity index is 1.83. The molecule has 2 aliphatic carbocycles. The normalized spacial score (nSPS) is 30.4. The van der Waals surface area contributed by atoms with Crippen molar-refractivity contribution in [1.29, 1.82) is 0 Å². The molecule has 2 unspecified atom stereocenters. The van der Waals surface area contributed by atoms with Gasteiger partial charge in [-0.15, -0.1) is 0 Å². The van der Waals surface area contributed by atoms with Crippen LogP contribution >= 0.6 is 0 Å². The van der Waals surface area contributed by atoms with Gasteiger partial charge in [0.05, 0.1) is 0 Å². The lowest BCUT2D eigenvalue weighted by molar-refractivity contribution is 0.132. The lowest BCUT2D eigenvalue weighted by atomic mass is 9.78. The molecule has 22 heavy (non-hydrogen) atoms. The van der Waals surface area contributed by atoms with Crippen LogP contribution < -0.4 is 5.32 Å². The summed E-state index contributed by atoms with van der Waals surface area (Å²) in [5.41, 5.74) is 3.51. The molecule has 2 nitrogen and oxygen atoms in total. The summed E-state index contributed by atoms with van der Waals surface area (Å²) >= 11 is 0. The monoisotopic (exact) mass is 300 g/mol. The molecule has 0 spiro atoms. The van der Waals surface area contributed by atoms with Crippen molar-refractivity contribution in [3.63, 3.8) is 0 Å². The summed E-state index contributed by atoms with van der Waals surface area (Å²) in [5, 5.41) is 3.82. The number of hydrogen-bond acceptors (Lipinski definition) is 2. The smallest absolute Gasteiger partial charge is 0.0369 e. The topological polar surface area (TPSA) is 15.3 Å².